The van der Waals surface area contributed by atoms with E-state index in [-0.39, 0.29) is 11.8 Å². The van der Waals surface area contributed by atoms with Crippen molar-refractivity contribution in [2.24, 2.45) is 10.2 Å². The van der Waals surface area contributed by atoms with Gasteiger partial charge in [-0.1, -0.05) is 23.2 Å². The van der Waals surface area contributed by atoms with Crippen molar-refractivity contribution in [2.45, 2.75) is 18.9 Å². The number of rotatable bonds is 4. The van der Waals surface area contributed by atoms with E-state index in [9.17, 15) is 5.11 Å². The molecule has 1 aliphatic rings. The molecule has 1 aromatic rings. The number of azo groups is 1. The van der Waals surface area contributed by atoms with Crippen molar-refractivity contribution < 1.29 is 9.84 Å². The number of hydrogen-bond acceptors (Lipinski definition) is 4. The molecule has 0 bridgehead atoms. The first-order valence-electron chi connectivity index (χ1n) is 5.34. The van der Waals surface area contributed by atoms with Gasteiger partial charge in [-0.2, -0.15) is 10.2 Å². The lowest BCUT2D eigenvalue weighted by Crippen LogP contribution is -2.08. The zero-order valence-corrected chi connectivity index (χ0v) is 10.6. The van der Waals surface area contributed by atoms with Gasteiger partial charge in [0.1, 0.15) is 5.75 Å². The van der Waals surface area contributed by atoms with Gasteiger partial charge >= 0.3 is 0 Å². The van der Waals surface area contributed by atoms with Crippen LogP contribution in [0.25, 0.3) is 0 Å². The molecule has 0 aromatic heterocycles. The highest BCUT2D eigenvalue weighted by Crippen LogP contribution is 2.36. The molecule has 1 unspecified atom stereocenters. The SMILES string of the molecule is Oc1cc(Cl)c(OCCC2CCN=N2)c(Cl)c1. The van der Waals surface area contributed by atoms with Crippen molar-refractivity contribution >= 4 is 23.2 Å². The first-order valence-corrected chi connectivity index (χ1v) is 6.10. The molecule has 1 atom stereocenters. The van der Waals surface area contributed by atoms with E-state index in [1.165, 1.54) is 12.1 Å². The van der Waals surface area contributed by atoms with Gasteiger partial charge in [-0.25, -0.2) is 0 Å². The zero-order chi connectivity index (χ0) is 12.3. The Kier molecular flexibility index (Phi) is 4.07. The Labute approximate surface area is 109 Å². The van der Waals surface area contributed by atoms with Crippen LogP contribution >= 0.6 is 23.2 Å². The minimum Gasteiger partial charge on any atom is -0.508 e. The molecule has 1 heterocycles. The number of nitrogens with zero attached hydrogens (tertiary/aromatic N) is 2. The van der Waals surface area contributed by atoms with Crippen LogP contribution in [0.3, 0.4) is 0 Å². The molecule has 0 spiro atoms. The monoisotopic (exact) mass is 274 g/mol. The van der Waals surface area contributed by atoms with Crippen LogP contribution in [0.4, 0.5) is 0 Å². The fourth-order valence-corrected chi connectivity index (χ4v) is 2.21. The van der Waals surface area contributed by atoms with E-state index in [1.807, 2.05) is 0 Å². The molecule has 0 saturated heterocycles. The molecular weight excluding hydrogens is 263 g/mol. The van der Waals surface area contributed by atoms with E-state index in [0.29, 0.717) is 22.4 Å². The summed E-state index contributed by atoms with van der Waals surface area (Å²) >= 11 is 11.8. The molecule has 0 saturated carbocycles. The summed E-state index contributed by atoms with van der Waals surface area (Å²) in [6.45, 7) is 1.28. The Balaban J connectivity index is 1.92. The Hall–Kier alpha value is -1.00. The minimum atomic E-state index is 0.0249. The predicted octanol–water partition coefficient (Wildman–Crippen LogP) is 3.69. The van der Waals surface area contributed by atoms with Crippen LogP contribution in [0.5, 0.6) is 11.5 Å². The first-order chi connectivity index (χ1) is 8.16. The third kappa shape index (κ3) is 3.23. The lowest BCUT2D eigenvalue weighted by molar-refractivity contribution is 0.298. The number of phenolic OH excluding ortho intramolecular Hbond substituents is 1. The Morgan fingerprint density at radius 3 is 2.65 bits per heavy atom. The largest absolute Gasteiger partial charge is 0.508 e. The number of phenols is 1. The van der Waals surface area contributed by atoms with Crippen molar-refractivity contribution in [3.05, 3.63) is 22.2 Å². The van der Waals surface area contributed by atoms with Gasteiger partial charge in [-0.15, -0.1) is 0 Å². The summed E-state index contributed by atoms with van der Waals surface area (Å²) in [6, 6.07) is 3.04. The number of ether oxygens (including phenoxy) is 1. The molecular formula is C11H12Cl2N2O2. The van der Waals surface area contributed by atoms with Crippen molar-refractivity contribution in [3.63, 3.8) is 0 Å². The van der Waals surface area contributed by atoms with E-state index < -0.39 is 0 Å². The summed E-state index contributed by atoms with van der Waals surface area (Å²) in [5, 5.41) is 17.9. The van der Waals surface area contributed by atoms with Crippen LogP contribution in [0.1, 0.15) is 12.8 Å². The Morgan fingerprint density at radius 2 is 2.06 bits per heavy atom. The molecule has 0 amide bonds. The quantitative estimate of drug-likeness (QED) is 0.910. The minimum absolute atomic E-state index is 0.0249. The van der Waals surface area contributed by atoms with E-state index in [4.69, 9.17) is 27.9 Å². The fourth-order valence-electron chi connectivity index (χ4n) is 1.62. The molecule has 0 radical (unpaired) electrons. The van der Waals surface area contributed by atoms with Gasteiger partial charge in [0.25, 0.3) is 0 Å². The molecule has 92 valence electrons. The second kappa shape index (κ2) is 5.56. The van der Waals surface area contributed by atoms with Crippen LogP contribution in [0, 0.1) is 0 Å². The number of benzene rings is 1. The molecule has 17 heavy (non-hydrogen) atoms. The van der Waals surface area contributed by atoms with Crippen molar-refractivity contribution in [1.82, 2.24) is 0 Å². The molecule has 1 aromatic carbocycles. The average Bonchev–Trinajstić information content (AvgIpc) is 2.74. The maximum atomic E-state index is 9.26. The molecule has 0 fully saturated rings. The Morgan fingerprint density at radius 1 is 1.35 bits per heavy atom. The lowest BCUT2D eigenvalue weighted by Gasteiger charge is -2.11. The second-order valence-electron chi connectivity index (χ2n) is 3.80. The first kappa shape index (κ1) is 12.5. The van der Waals surface area contributed by atoms with Gasteiger partial charge in [0.05, 0.1) is 29.2 Å². The van der Waals surface area contributed by atoms with E-state index in [1.54, 1.807) is 0 Å². The highest BCUT2D eigenvalue weighted by Gasteiger charge is 2.14. The maximum absolute atomic E-state index is 9.26. The predicted molar refractivity (Wildman–Crippen MR) is 66.4 cm³/mol. The van der Waals surface area contributed by atoms with E-state index in [0.717, 1.165) is 19.4 Å². The van der Waals surface area contributed by atoms with Gasteiger partial charge < -0.3 is 9.84 Å². The zero-order valence-electron chi connectivity index (χ0n) is 9.07. The van der Waals surface area contributed by atoms with Gasteiger partial charge in [-0.3, -0.25) is 0 Å². The van der Waals surface area contributed by atoms with Crippen molar-refractivity contribution in [2.75, 3.05) is 13.2 Å². The van der Waals surface area contributed by atoms with Crippen LogP contribution < -0.4 is 4.74 Å². The van der Waals surface area contributed by atoms with Crippen molar-refractivity contribution in [1.29, 1.82) is 0 Å². The smallest absolute Gasteiger partial charge is 0.156 e. The highest BCUT2D eigenvalue weighted by molar-refractivity contribution is 6.37. The van der Waals surface area contributed by atoms with Crippen LogP contribution in [0.2, 0.25) is 10.0 Å². The maximum Gasteiger partial charge on any atom is 0.156 e. The summed E-state index contributed by atoms with van der Waals surface area (Å²) in [7, 11) is 0. The molecule has 6 heteroatoms. The van der Waals surface area contributed by atoms with Crippen LogP contribution in [0.15, 0.2) is 22.4 Å². The van der Waals surface area contributed by atoms with E-state index in [2.05, 4.69) is 10.2 Å². The van der Waals surface area contributed by atoms with Crippen LogP contribution in [-0.2, 0) is 0 Å². The van der Waals surface area contributed by atoms with Crippen LogP contribution in [-0.4, -0.2) is 24.3 Å². The number of hydrogen-bond donors (Lipinski definition) is 1. The third-order valence-electron chi connectivity index (χ3n) is 2.49. The summed E-state index contributed by atoms with van der Waals surface area (Å²) in [4.78, 5) is 0. The molecule has 2 rings (SSSR count). The summed E-state index contributed by atoms with van der Waals surface area (Å²) in [5.74, 6) is 0.429. The summed E-state index contributed by atoms with van der Waals surface area (Å²) in [5.41, 5.74) is 0. The summed E-state index contributed by atoms with van der Waals surface area (Å²) in [6.07, 6.45) is 1.76. The second-order valence-corrected chi connectivity index (χ2v) is 4.61. The molecule has 4 nitrogen and oxygen atoms in total. The third-order valence-corrected chi connectivity index (χ3v) is 3.05. The molecule has 1 aliphatic heterocycles. The Bertz CT molecular complexity index is 414. The van der Waals surface area contributed by atoms with Gasteiger partial charge in [-0.05, 0) is 6.42 Å². The lowest BCUT2D eigenvalue weighted by atomic mass is 10.2. The fraction of sp³-hybridized carbons (Fsp3) is 0.455. The number of aromatic hydroxyl groups is 1. The number of halogens is 2. The standard InChI is InChI=1S/C11H12Cl2N2O2/c12-9-5-8(16)6-10(13)11(9)17-4-2-7-1-3-14-15-7/h5-7,16H,1-4H2. The van der Waals surface area contributed by atoms with Gasteiger partial charge in [0, 0.05) is 18.6 Å². The normalized spacial score (nSPS) is 18.6. The average molecular weight is 275 g/mol. The van der Waals surface area contributed by atoms with E-state index >= 15 is 0 Å². The molecule has 0 aliphatic carbocycles. The van der Waals surface area contributed by atoms with Crippen molar-refractivity contribution in [3.8, 4) is 11.5 Å². The molecule has 1 N–H and O–H groups in total. The van der Waals surface area contributed by atoms with Gasteiger partial charge in [0.15, 0.2) is 5.75 Å². The summed E-state index contributed by atoms with van der Waals surface area (Å²) < 4.78 is 5.51. The van der Waals surface area contributed by atoms with Gasteiger partial charge in [0.2, 0.25) is 0 Å². The highest BCUT2D eigenvalue weighted by atomic mass is 35.5. The topological polar surface area (TPSA) is 54.2 Å².